The third-order valence-electron chi connectivity index (χ3n) is 4.65. The normalized spacial score (nSPS) is 15.8. The molecule has 1 atom stereocenters. The van der Waals surface area contributed by atoms with Gasteiger partial charge >= 0.3 is 0 Å². The summed E-state index contributed by atoms with van der Waals surface area (Å²) in [6.45, 7) is 3.67. The predicted octanol–water partition coefficient (Wildman–Crippen LogP) is 4.55. The van der Waals surface area contributed by atoms with Crippen molar-refractivity contribution in [3.63, 3.8) is 0 Å². The van der Waals surface area contributed by atoms with Crippen molar-refractivity contribution in [2.45, 2.75) is 26.4 Å². The van der Waals surface area contributed by atoms with Crippen LogP contribution in [0.1, 0.15) is 25.8 Å². The number of anilines is 1. The second kappa shape index (κ2) is 10.2. The Morgan fingerprint density at radius 1 is 1.16 bits per heavy atom. The largest absolute Gasteiger partial charge is 0.495 e. The van der Waals surface area contributed by atoms with Crippen LogP contribution in [-0.2, 0) is 9.59 Å². The number of methoxy groups -OCH3 is 1. The van der Waals surface area contributed by atoms with Crippen LogP contribution in [-0.4, -0.2) is 41.7 Å². The molecule has 1 saturated heterocycles. The fourth-order valence-electron chi connectivity index (χ4n) is 2.83. The van der Waals surface area contributed by atoms with Crippen LogP contribution in [0.3, 0.4) is 0 Å². The van der Waals surface area contributed by atoms with Gasteiger partial charge in [0.25, 0.3) is 11.1 Å². The molecule has 0 radical (unpaired) electrons. The first-order valence-electron chi connectivity index (χ1n) is 9.86. The Morgan fingerprint density at radius 2 is 1.87 bits per heavy atom. The highest BCUT2D eigenvalue weighted by atomic mass is 32.2. The van der Waals surface area contributed by atoms with E-state index in [2.05, 4.69) is 5.32 Å². The van der Waals surface area contributed by atoms with Gasteiger partial charge in [0.1, 0.15) is 18.0 Å². The fraction of sp³-hybridized carbons (Fsp3) is 0.261. The maximum atomic E-state index is 12.7. The Morgan fingerprint density at radius 3 is 2.55 bits per heavy atom. The Kier molecular flexibility index (Phi) is 7.36. The summed E-state index contributed by atoms with van der Waals surface area (Å²) < 4.78 is 10.9. The van der Waals surface area contributed by atoms with Crippen molar-refractivity contribution in [2.75, 3.05) is 19.0 Å². The Bertz CT molecular complexity index is 1000. The zero-order valence-electron chi connectivity index (χ0n) is 17.6. The lowest BCUT2D eigenvalue weighted by molar-refractivity contribution is -0.127. The quantitative estimate of drug-likeness (QED) is 0.607. The molecule has 2 aromatic rings. The molecule has 0 bridgehead atoms. The summed E-state index contributed by atoms with van der Waals surface area (Å²) in [5.41, 5.74) is 1.23. The molecule has 3 rings (SSSR count). The van der Waals surface area contributed by atoms with E-state index >= 15 is 0 Å². The summed E-state index contributed by atoms with van der Waals surface area (Å²) in [4.78, 5) is 38.6. The molecule has 0 unspecified atom stereocenters. The molecule has 2 aromatic carbocycles. The molecule has 7 nitrogen and oxygen atoms in total. The van der Waals surface area contributed by atoms with Crippen molar-refractivity contribution in [2.24, 2.45) is 0 Å². The number of imide groups is 1. The number of nitrogens with one attached hydrogen (secondary N) is 1. The Labute approximate surface area is 185 Å². The molecular formula is C23H24N2O5S. The van der Waals surface area contributed by atoms with Crippen molar-refractivity contribution < 1.29 is 23.9 Å². The van der Waals surface area contributed by atoms with Crippen LogP contribution in [0, 0.1) is 0 Å². The molecule has 0 spiro atoms. The van der Waals surface area contributed by atoms with Gasteiger partial charge in [-0.05, 0) is 61.0 Å². The second-order valence-electron chi connectivity index (χ2n) is 6.92. The van der Waals surface area contributed by atoms with E-state index in [4.69, 9.17) is 9.47 Å². The molecule has 3 amide bonds. The van der Waals surface area contributed by atoms with Crippen LogP contribution < -0.4 is 14.8 Å². The minimum absolute atomic E-state index is 0.115. The number of benzene rings is 2. The van der Waals surface area contributed by atoms with Gasteiger partial charge in [-0.1, -0.05) is 31.2 Å². The number of para-hydroxylation sites is 2. The average Bonchev–Trinajstić information content (AvgIpc) is 3.02. The Balaban J connectivity index is 1.65. The van der Waals surface area contributed by atoms with Gasteiger partial charge in [0, 0.05) is 0 Å². The molecule has 1 N–H and O–H groups in total. The van der Waals surface area contributed by atoms with Gasteiger partial charge in [-0.3, -0.25) is 19.3 Å². The van der Waals surface area contributed by atoms with Crippen molar-refractivity contribution in [1.82, 2.24) is 4.90 Å². The van der Waals surface area contributed by atoms with E-state index in [9.17, 15) is 14.4 Å². The predicted molar refractivity (Wildman–Crippen MR) is 121 cm³/mol. The molecule has 1 fully saturated rings. The van der Waals surface area contributed by atoms with Gasteiger partial charge in [0.05, 0.1) is 23.8 Å². The van der Waals surface area contributed by atoms with Crippen molar-refractivity contribution >= 4 is 40.6 Å². The first-order chi connectivity index (χ1) is 14.9. The van der Waals surface area contributed by atoms with Gasteiger partial charge in [0.2, 0.25) is 5.91 Å². The Hall–Kier alpha value is -3.26. The average molecular weight is 441 g/mol. The number of hydrogen-bond acceptors (Lipinski definition) is 6. The second-order valence-corrected chi connectivity index (χ2v) is 7.92. The van der Waals surface area contributed by atoms with Gasteiger partial charge in [-0.15, -0.1) is 0 Å². The van der Waals surface area contributed by atoms with E-state index in [0.717, 1.165) is 34.4 Å². The third-order valence-corrected chi connectivity index (χ3v) is 5.55. The molecule has 8 heteroatoms. The van der Waals surface area contributed by atoms with Crippen molar-refractivity contribution in [3.05, 3.63) is 59.0 Å². The number of ether oxygens (including phenoxy) is 2. The minimum atomic E-state index is -0.495. The zero-order chi connectivity index (χ0) is 22.4. The van der Waals surface area contributed by atoms with E-state index in [1.165, 1.54) is 7.11 Å². The number of carbonyl (C=O) groups is 3. The molecular weight excluding hydrogens is 416 g/mol. The number of nitrogens with zero attached hydrogens (tertiary/aromatic N) is 1. The van der Waals surface area contributed by atoms with Crippen molar-refractivity contribution in [3.8, 4) is 11.5 Å². The molecule has 0 saturated carbocycles. The molecule has 0 aliphatic carbocycles. The van der Waals surface area contributed by atoms with E-state index < -0.39 is 17.1 Å². The minimum Gasteiger partial charge on any atom is -0.495 e. The molecule has 0 aromatic heterocycles. The van der Waals surface area contributed by atoms with E-state index in [1.807, 2.05) is 38.1 Å². The lowest BCUT2D eigenvalue weighted by Gasteiger charge is -2.14. The molecule has 162 valence electrons. The lowest BCUT2D eigenvalue weighted by atomic mass is 10.2. The summed E-state index contributed by atoms with van der Waals surface area (Å²) in [5.74, 6) is 0.253. The number of amides is 3. The summed E-state index contributed by atoms with van der Waals surface area (Å²) in [5, 5.41) is 2.18. The molecule has 31 heavy (non-hydrogen) atoms. The van der Waals surface area contributed by atoms with Gasteiger partial charge in [-0.2, -0.15) is 0 Å². The first kappa shape index (κ1) is 22.4. The molecule has 1 aliphatic rings. The highest BCUT2D eigenvalue weighted by Crippen LogP contribution is 2.32. The molecule has 1 heterocycles. The SMILES string of the molecule is CC[C@H](C)Oc1ccc(/C=C2\SC(=O)N(CC(=O)Nc3ccccc3OC)C2=O)cc1. The van der Waals surface area contributed by atoms with Gasteiger partial charge < -0.3 is 14.8 Å². The van der Waals surface area contributed by atoms with Gasteiger partial charge in [0.15, 0.2) is 0 Å². The summed E-state index contributed by atoms with van der Waals surface area (Å²) >= 11 is 0.814. The fourth-order valence-corrected chi connectivity index (χ4v) is 3.67. The maximum Gasteiger partial charge on any atom is 0.294 e. The van der Waals surface area contributed by atoms with E-state index in [1.54, 1.807) is 30.3 Å². The number of hydrogen-bond donors (Lipinski definition) is 1. The van der Waals surface area contributed by atoms with Crippen LogP contribution >= 0.6 is 11.8 Å². The highest BCUT2D eigenvalue weighted by molar-refractivity contribution is 8.18. The highest BCUT2D eigenvalue weighted by Gasteiger charge is 2.36. The summed E-state index contributed by atoms with van der Waals surface area (Å²) in [7, 11) is 1.50. The van der Waals surface area contributed by atoms with Crippen LogP contribution in [0.4, 0.5) is 10.5 Å². The number of carbonyl (C=O) groups excluding carboxylic acids is 3. The van der Waals surface area contributed by atoms with E-state index in [-0.39, 0.29) is 17.6 Å². The summed E-state index contributed by atoms with van der Waals surface area (Å²) in [6, 6.07) is 14.2. The van der Waals surface area contributed by atoms with Crippen LogP contribution in [0.15, 0.2) is 53.4 Å². The smallest absolute Gasteiger partial charge is 0.294 e. The zero-order valence-corrected chi connectivity index (χ0v) is 18.4. The van der Waals surface area contributed by atoms with Crippen molar-refractivity contribution in [1.29, 1.82) is 0 Å². The molecule has 1 aliphatic heterocycles. The topological polar surface area (TPSA) is 84.9 Å². The number of rotatable bonds is 8. The standard InChI is InChI=1S/C23H24N2O5S/c1-4-15(2)30-17-11-9-16(10-12-17)13-20-22(27)25(23(28)31-20)14-21(26)24-18-7-5-6-8-19(18)29-3/h5-13,15H,4,14H2,1-3H3,(H,24,26)/b20-13-/t15-/m0/s1. The lowest BCUT2D eigenvalue weighted by Crippen LogP contribution is -2.36. The van der Waals surface area contributed by atoms with Crippen LogP contribution in [0.25, 0.3) is 6.08 Å². The maximum absolute atomic E-state index is 12.7. The summed E-state index contributed by atoms with van der Waals surface area (Å²) in [6.07, 6.45) is 2.65. The number of thioether (sulfide) groups is 1. The third kappa shape index (κ3) is 5.67. The van der Waals surface area contributed by atoms with Gasteiger partial charge in [-0.25, -0.2) is 0 Å². The monoisotopic (exact) mass is 440 g/mol. The first-order valence-corrected chi connectivity index (χ1v) is 10.7. The van der Waals surface area contributed by atoms with E-state index in [0.29, 0.717) is 11.4 Å². The van der Waals surface area contributed by atoms with Crippen LogP contribution in [0.5, 0.6) is 11.5 Å². The van der Waals surface area contributed by atoms with Crippen LogP contribution in [0.2, 0.25) is 0 Å².